The quantitative estimate of drug-likeness (QED) is 0.780. The highest BCUT2D eigenvalue weighted by Crippen LogP contribution is 2.24. The second-order valence-electron chi connectivity index (χ2n) is 5.39. The molecule has 0 aromatic heterocycles. The molecule has 1 atom stereocenters. The summed E-state index contributed by atoms with van der Waals surface area (Å²) >= 11 is 0. The van der Waals surface area contributed by atoms with Crippen LogP contribution in [-0.4, -0.2) is 18.2 Å². The Bertz CT molecular complexity index is 511. The van der Waals surface area contributed by atoms with Gasteiger partial charge in [0.05, 0.1) is 12.7 Å². The summed E-state index contributed by atoms with van der Waals surface area (Å²) in [7, 11) is 0. The fourth-order valence-electron chi connectivity index (χ4n) is 2.04. The molecule has 0 radical (unpaired) electrons. The molecule has 108 valence electrons. The first-order valence-corrected chi connectivity index (χ1v) is 6.79. The Kier molecular flexibility index (Phi) is 4.56. The summed E-state index contributed by atoms with van der Waals surface area (Å²) in [5.74, 6) is -1.29. The molecule has 1 aliphatic carbocycles. The third-order valence-electron chi connectivity index (χ3n) is 3.32. The lowest BCUT2D eigenvalue weighted by atomic mass is 9.98. The van der Waals surface area contributed by atoms with Gasteiger partial charge < -0.3 is 4.74 Å². The summed E-state index contributed by atoms with van der Waals surface area (Å²) in [4.78, 5) is 0. The van der Waals surface area contributed by atoms with Crippen molar-refractivity contribution in [2.45, 2.75) is 44.2 Å². The first kappa shape index (κ1) is 14.7. The molecule has 1 unspecified atom stereocenters. The largest absolute Gasteiger partial charge is 0.491 e. The van der Waals surface area contributed by atoms with Crippen LogP contribution < -0.4 is 10.1 Å². The van der Waals surface area contributed by atoms with E-state index in [2.05, 4.69) is 11.4 Å². The van der Waals surface area contributed by atoms with Crippen molar-refractivity contribution >= 4 is 0 Å². The van der Waals surface area contributed by atoms with Crippen molar-refractivity contribution in [1.82, 2.24) is 5.32 Å². The van der Waals surface area contributed by atoms with Crippen LogP contribution in [0.2, 0.25) is 0 Å². The number of benzene rings is 1. The predicted octanol–water partition coefficient (Wildman–Crippen LogP) is 3.16. The minimum absolute atomic E-state index is 0.0419. The summed E-state index contributed by atoms with van der Waals surface area (Å²) in [6, 6.07) is 5.96. The van der Waals surface area contributed by atoms with Gasteiger partial charge in [0.25, 0.3) is 0 Å². The Balaban J connectivity index is 1.76. The number of nitrogens with zero attached hydrogens (tertiary/aromatic N) is 1. The minimum atomic E-state index is -0.704. The first-order chi connectivity index (χ1) is 9.52. The Hall–Kier alpha value is -1.67. The summed E-state index contributed by atoms with van der Waals surface area (Å²) in [5, 5.41) is 12.5. The van der Waals surface area contributed by atoms with Gasteiger partial charge in [0.15, 0.2) is 11.6 Å². The van der Waals surface area contributed by atoms with E-state index < -0.39 is 17.2 Å². The molecule has 0 bridgehead atoms. The second-order valence-corrected chi connectivity index (χ2v) is 5.39. The van der Waals surface area contributed by atoms with E-state index in [9.17, 15) is 14.0 Å². The molecule has 1 fully saturated rings. The molecule has 0 heterocycles. The molecule has 0 spiro atoms. The van der Waals surface area contributed by atoms with Gasteiger partial charge in [-0.2, -0.15) is 5.26 Å². The molecule has 0 aliphatic heterocycles. The molecule has 2 rings (SSSR count). The summed E-state index contributed by atoms with van der Waals surface area (Å²) in [6.07, 6.45) is 3.49. The zero-order chi connectivity index (χ0) is 14.6. The standard InChI is InChI=1S/C15H18F2N2O/c1-15(10-18,19-12-4-5-12)7-2-8-20-14-6-3-11(16)9-13(14)17/h3,6,9,12,19H,2,4-5,7-8H2,1H3. The maximum Gasteiger partial charge on any atom is 0.167 e. The summed E-state index contributed by atoms with van der Waals surface area (Å²) in [5.41, 5.74) is -0.564. The van der Waals surface area contributed by atoms with E-state index in [-0.39, 0.29) is 5.75 Å². The van der Waals surface area contributed by atoms with Crippen LogP contribution in [0.4, 0.5) is 8.78 Å². The van der Waals surface area contributed by atoms with Crippen LogP contribution in [0, 0.1) is 23.0 Å². The maximum absolute atomic E-state index is 13.3. The minimum Gasteiger partial charge on any atom is -0.491 e. The fraction of sp³-hybridized carbons (Fsp3) is 0.533. The lowest BCUT2D eigenvalue weighted by Gasteiger charge is -2.23. The normalized spacial score (nSPS) is 17.3. The van der Waals surface area contributed by atoms with Crippen LogP contribution in [0.25, 0.3) is 0 Å². The lowest BCUT2D eigenvalue weighted by Crippen LogP contribution is -2.42. The van der Waals surface area contributed by atoms with Crippen LogP contribution >= 0.6 is 0 Å². The molecular weight excluding hydrogens is 262 g/mol. The van der Waals surface area contributed by atoms with E-state index in [1.165, 1.54) is 6.07 Å². The summed E-state index contributed by atoms with van der Waals surface area (Å²) < 4.78 is 31.3. The Labute approximate surface area is 117 Å². The van der Waals surface area contributed by atoms with E-state index in [1.807, 2.05) is 6.92 Å². The average Bonchev–Trinajstić information content (AvgIpc) is 3.20. The predicted molar refractivity (Wildman–Crippen MR) is 71.3 cm³/mol. The molecule has 20 heavy (non-hydrogen) atoms. The SMILES string of the molecule is CC(C#N)(CCCOc1ccc(F)cc1F)NC1CC1. The molecule has 1 N–H and O–H groups in total. The first-order valence-electron chi connectivity index (χ1n) is 6.79. The van der Waals surface area contributed by atoms with Crippen LogP contribution in [0.1, 0.15) is 32.6 Å². The van der Waals surface area contributed by atoms with Crippen molar-refractivity contribution in [3.05, 3.63) is 29.8 Å². The highest BCUT2D eigenvalue weighted by Gasteiger charge is 2.31. The fourth-order valence-corrected chi connectivity index (χ4v) is 2.04. The number of rotatable bonds is 7. The van der Waals surface area contributed by atoms with E-state index in [4.69, 9.17) is 4.74 Å². The van der Waals surface area contributed by atoms with Crippen LogP contribution in [0.15, 0.2) is 18.2 Å². The van der Waals surface area contributed by atoms with Gasteiger partial charge >= 0.3 is 0 Å². The molecule has 1 aliphatic rings. The highest BCUT2D eigenvalue weighted by atomic mass is 19.1. The molecule has 1 aromatic carbocycles. The van der Waals surface area contributed by atoms with Gasteiger partial charge in [0.1, 0.15) is 11.4 Å². The smallest absolute Gasteiger partial charge is 0.167 e. The maximum atomic E-state index is 13.3. The third kappa shape index (κ3) is 4.17. The molecule has 1 aromatic rings. The van der Waals surface area contributed by atoms with Gasteiger partial charge in [-0.25, -0.2) is 8.78 Å². The molecular formula is C15H18F2N2O. The van der Waals surface area contributed by atoms with Gasteiger partial charge in [0.2, 0.25) is 0 Å². The number of nitriles is 1. The third-order valence-corrected chi connectivity index (χ3v) is 3.32. The van der Waals surface area contributed by atoms with E-state index in [1.54, 1.807) is 0 Å². The van der Waals surface area contributed by atoms with Gasteiger partial charge in [-0.05, 0) is 44.7 Å². The monoisotopic (exact) mass is 280 g/mol. The van der Waals surface area contributed by atoms with Crippen molar-refractivity contribution in [3.8, 4) is 11.8 Å². The molecule has 0 amide bonds. The molecule has 5 heteroatoms. The zero-order valence-electron chi connectivity index (χ0n) is 11.5. The topological polar surface area (TPSA) is 45.0 Å². The second kappa shape index (κ2) is 6.19. The number of hydrogen-bond acceptors (Lipinski definition) is 3. The average molecular weight is 280 g/mol. The lowest BCUT2D eigenvalue weighted by molar-refractivity contribution is 0.273. The van der Waals surface area contributed by atoms with Crippen LogP contribution in [0.5, 0.6) is 5.75 Å². The highest BCUT2D eigenvalue weighted by molar-refractivity contribution is 5.24. The van der Waals surface area contributed by atoms with Crippen LogP contribution in [-0.2, 0) is 0 Å². The van der Waals surface area contributed by atoms with Gasteiger partial charge in [0, 0.05) is 12.1 Å². The number of hydrogen-bond donors (Lipinski definition) is 1. The van der Waals surface area contributed by atoms with Crippen molar-refractivity contribution in [3.63, 3.8) is 0 Å². The van der Waals surface area contributed by atoms with E-state index >= 15 is 0 Å². The summed E-state index contributed by atoms with van der Waals surface area (Å²) in [6.45, 7) is 2.16. The number of nitrogens with one attached hydrogen (secondary N) is 1. The Morgan fingerprint density at radius 2 is 2.20 bits per heavy atom. The molecule has 1 saturated carbocycles. The van der Waals surface area contributed by atoms with E-state index in [0.29, 0.717) is 25.5 Å². The Morgan fingerprint density at radius 3 is 2.80 bits per heavy atom. The number of halogens is 2. The number of ether oxygens (including phenoxy) is 1. The van der Waals surface area contributed by atoms with Crippen molar-refractivity contribution in [2.24, 2.45) is 0 Å². The van der Waals surface area contributed by atoms with Crippen molar-refractivity contribution in [1.29, 1.82) is 5.26 Å². The van der Waals surface area contributed by atoms with Gasteiger partial charge in [-0.3, -0.25) is 5.32 Å². The van der Waals surface area contributed by atoms with Crippen molar-refractivity contribution < 1.29 is 13.5 Å². The van der Waals surface area contributed by atoms with Crippen LogP contribution in [0.3, 0.4) is 0 Å². The Morgan fingerprint density at radius 1 is 1.45 bits per heavy atom. The van der Waals surface area contributed by atoms with Crippen molar-refractivity contribution in [2.75, 3.05) is 6.61 Å². The van der Waals surface area contributed by atoms with Gasteiger partial charge in [-0.1, -0.05) is 0 Å². The molecule has 0 saturated heterocycles. The van der Waals surface area contributed by atoms with Gasteiger partial charge in [-0.15, -0.1) is 0 Å². The zero-order valence-corrected chi connectivity index (χ0v) is 11.5. The molecule has 3 nitrogen and oxygen atoms in total. The van der Waals surface area contributed by atoms with E-state index in [0.717, 1.165) is 25.0 Å².